The van der Waals surface area contributed by atoms with E-state index in [-0.39, 0.29) is 6.61 Å². The average molecular weight is 490 g/mol. The maximum atomic E-state index is 11.8. The molecule has 1 aliphatic rings. The van der Waals surface area contributed by atoms with E-state index in [0.29, 0.717) is 11.1 Å². The second-order valence-electron chi connectivity index (χ2n) is 7.10. The molecular weight excluding hydrogens is 466 g/mol. The smallest absolute Gasteiger partial charge is 0.303 e. The second-order valence-corrected chi connectivity index (χ2v) is 8.01. The zero-order chi connectivity index (χ0) is 25.3. The molecule has 0 spiro atoms. The predicted molar refractivity (Wildman–Crippen MR) is 118 cm³/mol. The van der Waals surface area contributed by atoms with E-state index >= 15 is 0 Å². The van der Waals surface area contributed by atoms with Crippen molar-refractivity contribution in [2.45, 2.75) is 57.5 Å². The van der Waals surface area contributed by atoms with Crippen LogP contribution in [0.15, 0.2) is 24.3 Å². The van der Waals surface area contributed by atoms with Crippen LogP contribution in [0.4, 0.5) is 0 Å². The first-order chi connectivity index (χ1) is 16.1. The highest BCUT2D eigenvalue weighted by molar-refractivity contribution is 8.04. The maximum Gasteiger partial charge on any atom is 0.303 e. The Bertz CT molecular complexity index is 1020. The molecule has 1 aromatic rings. The van der Waals surface area contributed by atoms with E-state index in [9.17, 15) is 19.2 Å². The van der Waals surface area contributed by atoms with Gasteiger partial charge < -0.3 is 23.7 Å². The molecule has 11 heteroatoms. The summed E-state index contributed by atoms with van der Waals surface area (Å²) < 4.78 is 27.0. The summed E-state index contributed by atoms with van der Waals surface area (Å²) in [5, 5.41) is 11.7. The summed E-state index contributed by atoms with van der Waals surface area (Å²) in [6.45, 7) is 4.36. The number of nitriles is 1. The standard InChI is InChI=1S/C23H23NO9S/c1-13(25)29-12-19-20(30-14(2)26)21(31-15(3)27)22(32-16(4)28)23(33-19)34-10-9-17-5-7-18(11-24)8-6-17/h5-8,19-23H,12H2,1-4H3/t19?,20-,21?,22?,23+/m1/s1. The van der Waals surface area contributed by atoms with Gasteiger partial charge in [0.05, 0.1) is 11.6 Å². The number of esters is 4. The van der Waals surface area contributed by atoms with Gasteiger partial charge in [-0.2, -0.15) is 5.26 Å². The monoisotopic (exact) mass is 489 g/mol. The molecule has 1 fully saturated rings. The van der Waals surface area contributed by atoms with Gasteiger partial charge in [-0.3, -0.25) is 19.2 Å². The van der Waals surface area contributed by atoms with Crippen LogP contribution < -0.4 is 0 Å². The summed E-state index contributed by atoms with van der Waals surface area (Å²) in [4.78, 5) is 46.7. The Morgan fingerprint density at radius 1 is 0.853 bits per heavy atom. The molecule has 1 aliphatic heterocycles. The molecule has 5 atom stereocenters. The maximum absolute atomic E-state index is 11.8. The third kappa shape index (κ3) is 8.10. The van der Waals surface area contributed by atoms with E-state index in [1.54, 1.807) is 24.3 Å². The second kappa shape index (κ2) is 12.6. The lowest BCUT2D eigenvalue weighted by atomic mass is 9.99. The number of rotatable bonds is 6. The number of hydrogen-bond acceptors (Lipinski definition) is 11. The first-order valence-electron chi connectivity index (χ1n) is 10.1. The Hall–Kier alpha value is -3.54. The SMILES string of the molecule is CC(=O)OCC1O[C@@H](SC#Cc2ccc(C#N)cc2)C(OC(C)=O)C(OC(C)=O)[C@@H]1OC(C)=O. The van der Waals surface area contributed by atoms with Gasteiger partial charge in [0, 0.05) is 33.3 Å². The Morgan fingerprint density at radius 2 is 1.38 bits per heavy atom. The highest BCUT2D eigenvalue weighted by Crippen LogP contribution is 2.34. The fourth-order valence-corrected chi connectivity index (χ4v) is 3.89. The number of carbonyl (C=O) groups excluding carboxylic acids is 4. The van der Waals surface area contributed by atoms with E-state index in [1.165, 1.54) is 13.8 Å². The largest absolute Gasteiger partial charge is 0.463 e. The van der Waals surface area contributed by atoms with Gasteiger partial charge in [-0.25, -0.2) is 0 Å². The van der Waals surface area contributed by atoms with Gasteiger partial charge in [0.1, 0.15) is 12.7 Å². The molecule has 10 nitrogen and oxygen atoms in total. The van der Waals surface area contributed by atoms with Gasteiger partial charge in [0.2, 0.25) is 0 Å². The lowest BCUT2D eigenvalue weighted by Gasteiger charge is -2.43. The summed E-state index contributed by atoms with van der Waals surface area (Å²) in [5.41, 5.74) is 0.126. The van der Waals surface area contributed by atoms with Crippen molar-refractivity contribution in [3.8, 4) is 17.2 Å². The van der Waals surface area contributed by atoms with Crippen molar-refractivity contribution in [3.63, 3.8) is 0 Å². The van der Waals surface area contributed by atoms with Gasteiger partial charge in [-0.1, -0.05) is 5.92 Å². The number of nitrogens with zero attached hydrogens (tertiary/aromatic N) is 1. The fraction of sp³-hybridized carbons (Fsp3) is 0.435. The van der Waals surface area contributed by atoms with Crippen LogP contribution in [-0.4, -0.2) is 60.3 Å². The number of thioether (sulfide) groups is 1. The molecule has 3 unspecified atom stereocenters. The predicted octanol–water partition coefficient (Wildman–Crippen LogP) is 1.68. The summed E-state index contributed by atoms with van der Waals surface area (Å²) in [5.74, 6) is 0.195. The van der Waals surface area contributed by atoms with E-state index in [4.69, 9.17) is 28.9 Å². The van der Waals surface area contributed by atoms with E-state index in [2.05, 4.69) is 11.2 Å². The quantitative estimate of drug-likeness (QED) is 0.328. The van der Waals surface area contributed by atoms with Crippen molar-refractivity contribution in [2.24, 2.45) is 0 Å². The van der Waals surface area contributed by atoms with Gasteiger partial charge in [-0.15, -0.1) is 0 Å². The topological polar surface area (TPSA) is 138 Å². The molecule has 180 valence electrons. The molecule has 0 bridgehead atoms. The molecule has 0 aliphatic carbocycles. The Labute approximate surface area is 200 Å². The zero-order valence-electron chi connectivity index (χ0n) is 18.9. The molecule has 0 N–H and O–H groups in total. The molecule has 1 heterocycles. The first-order valence-corrected chi connectivity index (χ1v) is 11.0. The van der Waals surface area contributed by atoms with Gasteiger partial charge >= 0.3 is 23.9 Å². The molecule has 1 aromatic carbocycles. The van der Waals surface area contributed by atoms with Crippen molar-refractivity contribution in [1.82, 2.24) is 0 Å². The summed E-state index contributed by atoms with van der Waals surface area (Å²) >= 11 is 0.944. The van der Waals surface area contributed by atoms with Crippen molar-refractivity contribution in [3.05, 3.63) is 35.4 Å². The minimum atomic E-state index is -1.24. The lowest BCUT2D eigenvalue weighted by molar-refractivity contribution is -0.237. The average Bonchev–Trinajstić information content (AvgIpc) is 2.75. The molecule has 0 amide bonds. The third-order valence-corrected chi connectivity index (χ3v) is 5.16. The Balaban J connectivity index is 2.37. The van der Waals surface area contributed by atoms with Crippen molar-refractivity contribution < 1.29 is 42.9 Å². The van der Waals surface area contributed by atoms with E-state index in [1.807, 2.05) is 6.07 Å². The van der Waals surface area contributed by atoms with Crippen LogP contribution in [0.5, 0.6) is 0 Å². The van der Waals surface area contributed by atoms with Gasteiger partial charge in [0.15, 0.2) is 23.7 Å². The number of hydrogen-bond donors (Lipinski definition) is 0. The highest BCUT2D eigenvalue weighted by Gasteiger charge is 2.52. The molecule has 0 radical (unpaired) electrons. The van der Waals surface area contributed by atoms with Crippen LogP contribution in [0.2, 0.25) is 0 Å². The first kappa shape index (κ1) is 26.7. The zero-order valence-corrected chi connectivity index (χ0v) is 19.7. The fourth-order valence-electron chi connectivity index (χ4n) is 3.06. The Morgan fingerprint density at radius 3 is 1.91 bits per heavy atom. The van der Waals surface area contributed by atoms with Crippen molar-refractivity contribution >= 4 is 35.6 Å². The summed E-state index contributed by atoms with van der Waals surface area (Å²) in [6.07, 6.45) is -4.67. The minimum Gasteiger partial charge on any atom is -0.463 e. The lowest BCUT2D eigenvalue weighted by Crippen LogP contribution is -2.61. The van der Waals surface area contributed by atoms with Crippen LogP contribution in [0.25, 0.3) is 0 Å². The normalized spacial score (nSPS) is 23.3. The molecule has 1 saturated heterocycles. The van der Waals surface area contributed by atoms with Crippen LogP contribution in [0, 0.1) is 22.5 Å². The van der Waals surface area contributed by atoms with Crippen LogP contribution in [0.1, 0.15) is 38.8 Å². The molecule has 0 saturated carbocycles. The molecule has 0 aromatic heterocycles. The van der Waals surface area contributed by atoms with Crippen molar-refractivity contribution in [2.75, 3.05) is 6.61 Å². The molecular formula is C23H23NO9S. The molecule has 34 heavy (non-hydrogen) atoms. The van der Waals surface area contributed by atoms with Gasteiger partial charge in [0.25, 0.3) is 0 Å². The van der Waals surface area contributed by atoms with Crippen molar-refractivity contribution in [1.29, 1.82) is 5.26 Å². The minimum absolute atomic E-state index is 0.308. The number of carbonyl (C=O) groups is 4. The summed E-state index contributed by atoms with van der Waals surface area (Å²) in [6, 6.07) is 8.57. The van der Waals surface area contributed by atoms with Crippen LogP contribution in [0.3, 0.4) is 0 Å². The Kier molecular flexibility index (Phi) is 9.92. The van der Waals surface area contributed by atoms with E-state index < -0.39 is 53.7 Å². The number of benzene rings is 1. The van der Waals surface area contributed by atoms with Gasteiger partial charge in [-0.05, 0) is 41.3 Å². The third-order valence-electron chi connectivity index (χ3n) is 4.33. The molecule has 2 rings (SSSR count). The van der Waals surface area contributed by atoms with Crippen LogP contribution in [-0.2, 0) is 42.9 Å². The number of ether oxygens (including phenoxy) is 5. The van der Waals surface area contributed by atoms with Crippen LogP contribution >= 0.6 is 11.8 Å². The summed E-state index contributed by atoms with van der Waals surface area (Å²) in [7, 11) is 0. The van der Waals surface area contributed by atoms with E-state index in [0.717, 1.165) is 25.6 Å². The highest BCUT2D eigenvalue weighted by atomic mass is 32.2.